The molecule has 106 valence electrons. The number of unbranched alkanes of at least 4 members (excludes halogenated alkanes) is 3. The monoisotopic (exact) mass is 256 g/mol. The summed E-state index contributed by atoms with van der Waals surface area (Å²) >= 11 is 0. The Morgan fingerprint density at radius 3 is 2.89 bits per heavy atom. The molecule has 1 unspecified atom stereocenters. The number of amides is 1. The summed E-state index contributed by atoms with van der Waals surface area (Å²) in [5, 5.41) is 12.2. The predicted molar refractivity (Wildman–Crippen MR) is 73.4 cm³/mol. The van der Waals surface area contributed by atoms with Crippen LogP contribution in [0.3, 0.4) is 0 Å². The number of nitrogens with one attached hydrogen (secondary N) is 1. The Morgan fingerprint density at radius 2 is 2.17 bits per heavy atom. The van der Waals surface area contributed by atoms with E-state index in [4.69, 9.17) is 0 Å². The Hall–Kier alpha value is -0.610. The molecule has 1 aliphatic rings. The Bertz CT molecular complexity index is 234. The van der Waals surface area contributed by atoms with E-state index in [2.05, 4.69) is 17.1 Å². The van der Waals surface area contributed by atoms with Crippen molar-refractivity contribution in [2.24, 2.45) is 0 Å². The van der Waals surface area contributed by atoms with Crippen LogP contribution in [0.5, 0.6) is 0 Å². The van der Waals surface area contributed by atoms with Gasteiger partial charge in [0, 0.05) is 12.6 Å². The van der Waals surface area contributed by atoms with Gasteiger partial charge >= 0.3 is 0 Å². The molecule has 1 heterocycles. The second-order valence-electron chi connectivity index (χ2n) is 5.21. The molecule has 0 saturated carbocycles. The third-order valence-corrected chi connectivity index (χ3v) is 3.66. The van der Waals surface area contributed by atoms with E-state index in [0.29, 0.717) is 6.54 Å². The molecule has 0 aliphatic carbocycles. The van der Waals surface area contributed by atoms with Crippen LogP contribution in [0.2, 0.25) is 0 Å². The fourth-order valence-corrected chi connectivity index (χ4v) is 2.49. The minimum absolute atomic E-state index is 0.104. The van der Waals surface area contributed by atoms with Crippen molar-refractivity contribution in [2.75, 3.05) is 26.2 Å². The second kappa shape index (κ2) is 9.34. The molecule has 1 amide bonds. The lowest BCUT2D eigenvalue weighted by Crippen LogP contribution is -2.47. The van der Waals surface area contributed by atoms with Crippen molar-refractivity contribution in [1.29, 1.82) is 0 Å². The number of rotatable bonds is 8. The van der Waals surface area contributed by atoms with Gasteiger partial charge in [0.25, 0.3) is 0 Å². The first-order chi connectivity index (χ1) is 8.77. The van der Waals surface area contributed by atoms with Gasteiger partial charge in [0.15, 0.2) is 0 Å². The first-order valence-corrected chi connectivity index (χ1v) is 7.39. The lowest BCUT2D eigenvalue weighted by atomic mass is 10.0. The maximum absolute atomic E-state index is 11.8. The Labute approximate surface area is 111 Å². The van der Waals surface area contributed by atoms with E-state index in [1.807, 2.05) is 0 Å². The molecule has 2 N–H and O–H groups in total. The molecular formula is C14H28N2O2. The van der Waals surface area contributed by atoms with Crippen LogP contribution in [-0.4, -0.2) is 48.2 Å². The Morgan fingerprint density at radius 1 is 1.33 bits per heavy atom. The zero-order valence-electron chi connectivity index (χ0n) is 11.7. The summed E-state index contributed by atoms with van der Waals surface area (Å²) in [5.41, 5.74) is 0. The minimum Gasteiger partial charge on any atom is -0.395 e. The zero-order valence-corrected chi connectivity index (χ0v) is 11.7. The molecule has 1 atom stereocenters. The van der Waals surface area contributed by atoms with Crippen molar-refractivity contribution >= 4 is 5.91 Å². The van der Waals surface area contributed by atoms with E-state index in [0.717, 1.165) is 32.4 Å². The van der Waals surface area contributed by atoms with Crippen LogP contribution >= 0.6 is 0 Å². The van der Waals surface area contributed by atoms with Crippen LogP contribution in [0.15, 0.2) is 0 Å². The normalized spacial score (nSPS) is 20.9. The maximum atomic E-state index is 11.8. The highest BCUT2D eigenvalue weighted by atomic mass is 16.3. The van der Waals surface area contributed by atoms with Gasteiger partial charge in [-0.25, -0.2) is 0 Å². The molecule has 0 radical (unpaired) electrons. The average Bonchev–Trinajstić information content (AvgIpc) is 2.39. The van der Waals surface area contributed by atoms with Crippen LogP contribution in [0.4, 0.5) is 0 Å². The summed E-state index contributed by atoms with van der Waals surface area (Å²) in [4.78, 5) is 13.9. The topological polar surface area (TPSA) is 52.6 Å². The number of piperidine rings is 1. The highest BCUT2D eigenvalue weighted by molar-refractivity contribution is 5.78. The summed E-state index contributed by atoms with van der Waals surface area (Å²) in [6.45, 7) is 4.53. The van der Waals surface area contributed by atoms with Crippen molar-refractivity contribution in [1.82, 2.24) is 10.2 Å². The molecule has 0 aromatic carbocycles. The fourth-order valence-electron chi connectivity index (χ4n) is 2.49. The number of aliphatic hydroxyl groups is 1. The quantitative estimate of drug-likeness (QED) is 0.648. The number of hydrogen-bond donors (Lipinski definition) is 2. The standard InChI is InChI=1S/C14H28N2O2/c1-2-3-4-6-9-15-14(18)11-16-10-7-5-8-13(16)12-17/h13,17H,2-12H2,1H3,(H,15,18). The molecule has 1 fully saturated rings. The highest BCUT2D eigenvalue weighted by Crippen LogP contribution is 2.15. The molecule has 1 rings (SSSR count). The molecule has 0 bridgehead atoms. The summed E-state index contributed by atoms with van der Waals surface area (Å²) < 4.78 is 0. The van der Waals surface area contributed by atoms with E-state index in [-0.39, 0.29) is 18.6 Å². The molecule has 4 heteroatoms. The third kappa shape index (κ3) is 5.83. The van der Waals surface area contributed by atoms with Crippen LogP contribution in [-0.2, 0) is 4.79 Å². The number of likely N-dealkylation sites (tertiary alicyclic amines) is 1. The molecule has 18 heavy (non-hydrogen) atoms. The van der Waals surface area contributed by atoms with E-state index in [1.54, 1.807) is 0 Å². The van der Waals surface area contributed by atoms with Gasteiger partial charge in [0.2, 0.25) is 5.91 Å². The first-order valence-electron chi connectivity index (χ1n) is 7.39. The number of carbonyl (C=O) groups excluding carboxylic acids is 1. The van der Waals surface area contributed by atoms with E-state index < -0.39 is 0 Å². The molecular weight excluding hydrogens is 228 g/mol. The minimum atomic E-state index is 0.104. The summed E-state index contributed by atoms with van der Waals surface area (Å²) in [6.07, 6.45) is 8.05. The summed E-state index contributed by atoms with van der Waals surface area (Å²) in [6, 6.07) is 0.185. The second-order valence-corrected chi connectivity index (χ2v) is 5.21. The average molecular weight is 256 g/mol. The smallest absolute Gasteiger partial charge is 0.234 e. The lowest BCUT2D eigenvalue weighted by Gasteiger charge is -2.33. The molecule has 0 spiro atoms. The van der Waals surface area contributed by atoms with Crippen molar-refractivity contribution in [3.8, 4) is 0 Å². The van der Waals surface area contributed by atoms with Gasteiger partial charge in [0.05, 0.1) is 13.2 Å². The van der Waals surface area contributed by atoms with Crippen LogP contribution < -0.4 is 5.32 Å². The summed E-state index contributed by atoms with van der Waals surface area (Å²) in [7, 11) is 0. The van der Waals surface area contributed by atoms with Crippen molar-refractivity contribution in [2.45, 2.75) is 57.9 Å². The Balaban J connectivity index is 2.14. The maximum Gasteiger partial charge on any atom is 0.234 e. The molecule has 0 aromatic heterocycles. The molecule has 0 aromatic rings. The lowest BCUT2D eigenvalue weighted by molar-refractivity contribution is -0.123. The van der Waals surface area contributed by atoms with E-state index in [1.165, 1.54) is 25.7 Å². The van der Waals surface area contributed by atoms with Crippen molar-refractivity contribution in [3.63, 3.8) is 0 Å². The number of carbonyl (C=O) groups is 1. The van der Waals surface area contributed by atoms with Gasteiger partial charge < -0.3 is 10.4 Å². The van der Waals surface area contributed by atoms with Crippen LogP contribution in [0.25, 0.3) is 0 Å². The summed E-state index contributed by atoms with van der Waals surface area (Å²) in [5.74, 6) is 0.104. The van der Waals surface area contributed by atoms with Crippen molar-refractivity contribution < 1.29 is 9.90 Å². The molecule has 4 nitrogen and oxygen atoms in total. The fraction of sp³-hybridized carbons (Fsp3) is 0.929. The van der Waals surface area contributed by atoms with Gasteiger partial charge in [-0.05, 0) is 25.8 Å². The first kappa shape index (κ1) is 15.4. The Kier molecular flexibility index (Phi) is 8.01. The van der Waals surface area contributed by atoms with Gasteiger partial charge in [-0.3, -0.25) is 9.69 Å². The van der Waals surface area contributed by atoms with Gasteiger partial charge in [-0.15, -0.1) is 0 Å². The molecule has 1 aliphatic heterocycles. The van der Waals surface area contributed by atoms with Crippen molar-refractivity contribution in [3.05, 3.63) is 0 Å². The van der Waals surface area contributed by atoms with Crippen LogP contribution in [0, 0.1) is 0 Å². The van der Waals surface area contributed by atoms with E-state index >= 15 is 0 Å². The molecule has 1 saturated heterocycles. The number of nitrogens with zero attached hydrogens (tertiary/aromatic N) is 1. The predicted octanol–water partition coefficient (Wildman–Crippen LogP) is 1.53. The van der Waals surface area contributed by atoms with Gasteiger partial charge in [-0.1, -0.05) is 32.6 Å². The van der Waals surface area contributed by atoms with Gasteiger partial charge in [-0.2, -0.15) is 0 Å². The van der Waals surface area contributed by atoms with Crippen LogP contribution in [0.1, 0.15) is 51.9 Å². The van der Waals surface area contributed by atoms with Gasteiger partial charge in [0.1, 0.15) is 0 Å². The zero-order chi connectivity index (χ0) is 13.2. The highest BCUT2D eigenvalue weighted by Gasteiger charge is 2.23. The largest absolute Gasteiger partial charge is 0.395 e. The third-order valence-electron chi connectivity index (χ3n) is 3.66. The van der Waals surface area contributed by atoms with E-state index in [9.17, 15) is 9.90 Å². The number of hydrogen-bond acceptors (Lipinski definition) is 3. The SMILES string of the molecule is CCCCCCNC(=O)CN1CCCCC1CO. The number of aliphatic hydroxyl groups excluding tert-OH is 1.